The van der Waals surface area contributed by atoms with Gasteiger partial charge >= 0.3 is 5.97 Å². The average Bonchev–Trinajstić information content (AvgIpc) is 2.72. The van der Waals surface area contributed by atoms with E-state index in [9.17, 15) is 4.79 Å². The van der Waals surface area contributed by atoms with Gasteiger partial charge in [0.2, 0.25) is 0 Å². The first-order chi connectivity index (χ1) is 8.61. The van der Waals surface area contributed by atoms with Crippen molar-refractivity contribution in [1.82, 2.24) is 9.97 Å². The zero-order chi connectivity index (χ0) is 13.1. The Morgan fingerprint density at radius 1 is 1.44 bits per heavy atom. The summed E-state index contributed by atoms with van der Waals surface area (Å²) in [6.07, 6.45) is 1.74. The van der Waals surface area contributed by atoms with Crippen LogP contribution in [-0.4, -0.2) is 22.5 Å². The van der Waals surface area contributed by atoms with Gasteiger partial charge in [-0.25, -0.2) is 9.78 Å². The third kappa shape index (κ3) is 2.56. The molecule has 4 nitrogen and oxygen atoms in total. The maximum Gasteiger partial charge on any atom is 0.358 e. The Morgan fingerprint density at radius 3 is 2.89 bits per heavy atom. The van der Waals surface area contributed by atoms with Gasteiger partial charge in [-0.2, -0.15) is 0 Å². The highest BCUT2D eigenvalue weighted by Gasteiger charge is 2.17. The van der Waals surface area contributed by atoms with Crippen LogP contribution in [0.3, 0.4) is 0 Å². The smallest absolute Gasteiger partial charge is 0.358 e. The molecule has 0 amide bonds. The van der Waals surface area contributed by atoms with Crippen LogP contribution >= 0.6 is 11.3 Å². The number of carbonyl (C=O) groups is 1. The number of pyridine rings is 1. The number of aryl methyl sites for hydroxylation is 2. The number of ether oxygens (including phenoxy) is 1. The van der Waals surface area contributed by atoms with Gasteiger partial charge in [0.15, 0.2) is 5.69 Å². The van der Waals surface area contributed by atoms with Crippen molar-refractivity contribution >= 4 is 17.3 Å². The molecule has 2 heterocycles. The van der Waals surface area contributed by atoms with Gasteiger partial charge in [-0.15, -0.1) is 11.3 Å². The molecule has 0 saturated carbocycles. The van der Waals surface area contributed by atoms with Crippen LogP contribution in [0.15, 0.2) is 18.3 Å². The van der Waals surface area contributed by atoms with Crippen molar-refractivity contribution in [3.8, 4) is 10.7 Å². The highest BCUT2D eigenvalue weighted by atomic mass is 32.1. The van der Waals surface area contributed by atoms with Gasteiger partial charge < -0.3 is 4.74 Å². The summed E-state index contributed by atoms with van der Waals surface area (Å²) in [7, 11) is 0. The second-order valence-corrected chi connectivity index (χ2v) is 5.07. The zero-order valence-electron chi connectivity index (χ0n) is 10.6. The lowest BCUT2D eigenvalue weighted by Crippen LogP contribution is -2.06. The minimum absolute atomic E-state index is 0.355. The second-order valence-electron chi connectivity index (χ2n) is 3.86. The molecule has 2 aromatic heterocycles. The lowest BCUT2D eigenvalue weighted by molar-refractivity contribution is 0.0519. The summed E-state index contributed by atoms with van der Waals surface area (Å²) >= 11 is 1.46. The molecule has 2 rings (SSSR count). The Kier molecular flexibility index (Phi) is 3.72. The molecule has 18 heavy (non-hydrogen) atoms. The minimum Gasteiger partial charge on any atom is -0.461 e. The monoisotopic (exact) mass is 262 g/mol. The summed E-state index contributed by atoms with van der Waals surface area (Å²) < 4.78 is 4.97. The third-order valence-corrected chi connectivity index (χ3v) is 3.39. The van der Waals surface area contributed by atoms with Crippen LogP contribution in [0.5, 0.6) is 0 Å². The summed E-state index contributed by atoms with van der Waals surface area (Å²) in [6, 6.07) is 3.88. The Balaban J connectivity index is 2.37. The lowest BCUT2D eigenvalue weighted by atomic mass is 10.2. The highest BCUT2D eigenvalue weighted by molar-refractivity contribution is 7.15. The van der Waals surface area contributed by atoms with E-state index in [1.165, 1.54) is 11.3 Å². The van der Waals surface area contributed by atoms with E-state index in [1.807, 2.05) is 26.0 Å². The first-order valence-electron chi connectivity index (χ1n) is 5.69. The van der Waals surface area contributed by atoms with Gasteiger partial charge in [0, 0.05) is 11.1 Å². The maximum atomic E-state index is 11.7. The predicted octanol–water partition coefficient (Wildman–Crippen LogP) is 3.00. The normalized spacial score (nSPS) is 10.4. The second kappa shape index (κ2) is 5.27. The molecule has 0 unspecified atom stereocenters. The van der Waals surface area contributed by atoms with E-state index in [0.717, 1.165) is 21.1 Å². The number of rotatable bonds is 3. The Morgan fingerprint density at radius 2 is 2.22 bits per heavy atom. The van der Waals surface area contributed by atoms with E-state index in [-0.39, 0.29) is 5.97 Å². The third-order valence-electron chi connectivity index (χ3n) is 2.40. The molecule has 0 radical (unpaired) electrons. The van der Waals surface area contributed by atoms with Crippen LogP contribution in [0.4, 0.5) is 0 Å². The first kappa shape index (κ1) is 12.7. The molecule has 0 aliphatic rings. The van der Waals surface area contributed by atoms with Gasteiger partial charge in [0.1, 0.15) is 5.01 Å². The van der Waals surface area contributed by atoms with Crippen LogP contribution in [-0.2, 0) is 4.74 Å². The highest BCUT2D eigenvalue weighted by Crippen LogP contribution is 2.26. The molecule has 0 aliphatic heterocycles. The SMILES string of the molecule is CCOC(=O)c1nc(-c2cc(C)ccn2)sc1C. The fourth-order valence-electron chi connectivity index (χ4n) is 1.55. The van der Waals surface area contributed by atoms with E-state index in [4.69, 9.17) is 4.74 Å². The standard InChI is InChI=1S/C13H14N2O2S/c1-4-17-13(16)11-9(3)18-12(15-11)10-7-8(2)5-6-14-10/h5-7H,4H2,1-3H3. The summed E-state index contributed by atoms with van der Waals surface area (Å²) in [6.45, 7) is 6.00. The molecular weight excluding hydrogens is 248 g/mol. The number of carbonyl (C=O) groups excluding carboxylic acids is 1. The maximum absolute atomic E-state index is 11.7. The van der Waals surface area contributed by atoms with E-state index in [2.05, 4.69) is 9.97 Å². The van der Waals surface area contributed by atoms with Gasteiger partial charge in [0.05, 0.1) is 12.3 Å². The summed E-state index contributed by atoms with van der Waals surface area (Å²) in [5.74, 6) is -0.370. The average molecular weight is 262 g/mol. The van der Waals surface area contributed by atoms with Crippen LogP contribution in [0.2, 0.25) is 0 Å². The molecule has 0 aliphatic carbocycles. The number of aromatic nitrogens is 2. The molecule has 94 valence electrons. The van der Waals surface area contributed by atoms with Crippen molar-refractivity contribution < 1.29 is 9.53 Å². The molecule has 0 bridgehead atoms. The number of esters is 1. The van der Waals surface area contributed by atoms with Crippen LogP contribution in [0, 0.1) is 13.8 Å². The van der Waals surface area contributed by atoms with Gasteiger partial charge in [-0.3, -0.25) is 4.98 Å². The summed E-state index contributed by atoms with van der Waals surface area (Å²) in [5, 5.41) is 0.749. The van der Waals surface area contributed by atoms with Crippen LogP contribution in [0.1, 0.15) is 27.9 Å². The van der Waals surface area contributed by atoms with E-state index >= 15 is 0 Å². The van der Waals surface area contributed by atoms with Crippen molar-refractivity contribution in [3.63, 3.8) is 0 Å². The Hall–Kier alpha value is -1.75. The molecule has 0 atom stereocenters. The van der Waals surface area contributed by atoms with Crippen molar-refractivity contribution in [2.75, 3.05) is 6.61 Å². The lowest BCUT2D eigenvalue weighted by Gasteiger charge is -1.98. The largest absolute Gasteiger partial charge is 0.461 e. The quantitative estimate of drug-likeness (QED) is 0.798. The summed E-state index contributed by atoms with van der Waals surface area (Å²) in [5.41, 5.74) is 2.30. The van der Waals surface area contributed by atoms with Crippen molar-refractivity contribution in [2.24, 2.45) is 0 Å². The molecule has 0 fully saturated rings. The van der Waals surface area contributed by atoms with Gasteiger partial charge in [0.25, 0.3) is 0 Å². The molecule has 2 aromatic rings. The summed E-state index contributed by atoms with van der Waals surface area (Å²) in [4.78, 5) is 21.1. The predicted molar refractivity (Wildman–Crippen MR) is 70.8 cm³/mol. The topological polar surface area (TPSA) is 52.1 Å². The number of nitrogens with zero attached hydrogens (tertiary/aromatic N) is 2. The van der Waals surface area contributed by atoms with Gasteiger partial charge in [-0.1, -0.05) is 0 Å². The van der Waals surface area contributed by atoms with E-state index in [0.29, 0.717) is 12.3 Å². The number of thiazole rings is 1. The Labute approximate surface area is 110 Å². The fourth-order valence-corrected chi connectivity index (χ4v) is 2.42. The minimum atomic E-state index is -0.370. The van der Waals surface area contributed by atoms with E-state index < -0.39 is 0 Å². The van der Waals surface area contributed by atoms with Crippen LogP contribution < -0.4 is 0 Å². The molecule has 0 aromatic carbocycles. The Bertz CT molecular complexity index is 578. The number of hydrogen-bond donors (Lipinski definition) is 0. The molecular formula is C13H14N2O2S. The van der Waals surface area contributed by atoms with Crippen molar-refractivity contribution in [1.29, 1.82) is 0 Å². The molecule has 0 spiro atoms. The van der Waals surface area contributed by atoms with Gasteiger partial charge in [-0.05, 0) is 38.5 Å². The molecule has 5 heteroatoms. The number of hydrogen-bond acceptors (Lipinski definition) is 5. The molecule has 0 N–H and O–H groups in total. The van der Waals surface area contributed by atoms with Crippen molar-refractivity contribution in [3.05, 3.63) is 34.5 Å². The molecule has 0 saturated heterocycles. The zero-order valence-corrected chi connectivity index (χ0v) is 11.4. The first-order valence-corrected chi connectivity index (χ1v) is 6.51. The van der Waals surface area contributed by atoms with Crippen LogP contribution in [0.25, 0.3) is 10.7 Å². The van der Waals surface area contributed by atoms with E-state index in [1.54, 1.807) is 13.1 Å². The fraction of sp³-hybridized carbons (Fsp3) is 0.308. The van der Waals surface area contributed by atoms with Crippen molar-refractivity contribution in [2.45, 2.75) is 20.8 Å².